The highest BCUT2D eigenvalue weighted by atomic mass is 32.2. The molecule has 0 atom stereocenters. The maximum Gasteiger partial charge on any atom is 0.254 e. The lowest BCUT2D eigenvalue weighted by Gasteiger charge is -2.12. The summed E-state index contributed by atoms with van der Waals surface area (Å²) in [6.07, 6.45) is 0.0138. The number of nitrogens with one attached hydrogen (secondary N) is 1. The van der Waals surface area contributed by atoms with Crippen LogP contribution >= 0.6 is 0 Å². The fourth-order valence-electron chi connectivity index (χ4n) is 2.13. The van der Waals surface area contributed by atoms with Gasteiger partial charge in [0, 0.05) is 6.54 Å². The van der Waals surface area contributed by atoms with E-state index in [0.29, 0.717) is 5.75 Å². The molecule has 8 heteroatoms. The molecular formula is C17H19FN2O4S. The van der Waals surface area contributed by atoms with Gasteiger partial charge in [-0.05, 0) is 49.7 Å². The van der Waals surface area contributed by atoms with E-state index in [9.17, 15) is 17.6 Å². The van der Waals surface area contributed by atoms with Crippen LogP contribution in [0.5, 0.6) is 5.75 Å². The van der Waals surface area contributed by atoms with E-state index in [-0.39, 0.29) is 23.1 Å². The molecule has 134 valence electrons. The third kappa shape index (κ3) is 5.27. The summed E-state index contributed by atoms with van der Waals surface area (Å²) >= 11 is 0. The van der Waals surface area contributed by atoms with Crippen molar-refractivity contribution < 1.29 is 22.3 Å². The van der Waals surface area contributed by atoms with Gasteiger partial charge >= 0.3 is 0 Å². The number of amides is 1. The zero-order valence-corrected chi connectivity index (χ0v) is 14.6. The summed E-state index contributed by atoms with van der Waals surface area (Å²) in [7, 11) is -4.02. The van der Waals surface area contributed by atoms with Crippen LogP contribution < -0.4 is 15.2 Å². The van der Waals surface area contributed by atoms with Crippen molar-refractivity contribution in [1.29, 1.82) is 0 Å². The van der Waals surface area contributed by atoms with Crippen molar-refractivity contribution in [3.8, 4) is 5.75 Å². The minimum atomic E-state index is -4.02. The molecule has 0 aliphatic carbocycles. The van der Waals surface area contributed by atoms with Gasteiger partial charge in [-0.15, -0.1) is 0 Å². The Labute approximate surface area is 145 Å². The van der Waals surface area contributed by atoms with Gasteiger partial charge in [-0.3, -0.25) is 4.79 Å². The summed E-state index contributed by atoms with van der Waals surface area (Å²) in [5.74, 6) is -0.913. The molecule has 0 radical (unpaired) electrons. The van der Waals surface area contributed by atoms with E-state index in [1.807, 2.05) is 13.8 Å². The lowest BCUT2D eigenvalue weighted by Crippen LogP contribution is -2.24. The molecule has 1 amide bonds. The van der Waals surface area contributed by atoms with E-state index in [4.69, 9.17) is 9.88 Å². The van der Waals surface area contributed by atoms with Gasteiger partial charge in [0.05, 0.1) is 16.6 Å². The van der Waals surface area contributed by atoms with Gasteiger partial charge in [-0.25, -0.2) is 17.9 Å². The number of halogens is 1. The van der Waals surface area contributed by atoms with E-state index in [1.54, 1.807) is 24.3 Å². The molecule has 0 fully saturated rings. The lowest BCUT2D eigenvalue weighted by atomic mass is 10.1. The van der Waals surface area contributed by atoms with Crippen LogP contribution in [0.25, 0.3) is 0 Å². The minimum Gasteiger partial charge on any atom is -0.491 e. The molecule has 0 aliphatic rings. The van der Waals surface area contributed by atoms with E-state index >= 15 is 0 Å². The summed E-state index contributed by atoms with van der Waals surface area (Å²) in [6, 6.07) is 9.93. The Morgan fingerprint density at radius 1 is 1.24 bits per heavy atom. The number of sulfonamides is 1. The molecule has 0 saturated heterocycles. The second-order valence-corrected chi connectivity index (χ2v) is 7.24. The first-order chi connectivity index (χ1) is 11.7. The van der Waals surface area contributed by atoms with Crippen LogP contribution in [0.3, 0.4) is 0 Å². The van der Waals surface area contributed by atoms with Crippen molar-refractivity contribution in [3.05, 3.63) is 59.4 Å². The SMILES string of the molecule is CC(C)Oc1cccc(CNC(=O)c2cc(S(N)(=O)=O)ccc2F)c1. The van der Waals surface area contributed by atoms with Crippen molar-refractivity contribution in [2.45, 2.75) is 31.4 Å². The maximum absolute atomic E-state index is 13.8. The molecule has 3 N–H and O–H groups in total. The second-order valence-electron chi connectivity index (χ2n) is 5.68. The van der Waals surface area contributed by atoms with Crippen LogP contribution in [-0.4, -0.2) is 20.4 Å². The Kier molecular flexibility index (Phi) is 5.76. The number of nitrogens with two attached hydrogens (primary N) is 1. The van der Waals surface area contributed by atoms with Gasteiger partial charge in [0.25, 0.3) is 5.91 Å². The molecular weight excluding hydrogens is 347 g/mol. The number of carbonyl (C=O) groups excluding carboxylic acids is 1. The fourth-order valence-corrected chi connectivity index (χ4v) is 2.67. The molecule has 2 aromatic carbocycles. The number of ether oxygens (including phenoxy) is 1. The van der Waals surface area contributed by atoms with Gasteiger partial charge in [0.15, 0.2) is 0 Å². The lowest BCUT2D eigenvalue weighted by molar-refractivity contribution is 0.0946. The predicted octanol–water partition coefficient (Wildman–Crippen LogP) is 2.19. The summed E-state index contributed by atoms with van der Waals surface area (Å²) in [5.41, 5.74) is 0.371. The smallest absolute Gasteiger partial charge is 0.254 e. The first-order valence-corrected chi connectivity index (χ1v) is 9.07. The van der Waals surface area contributed by atoms with E-state index < -0.39 is 21.7 Å². The third-order valence-corrected chi connectivity index (χ3v) is 4.15. The number of carbonyl (C=O) groups is 1. The van der Waals surface area contributed by atoms with E-state index in [1.165, 1.54) is 0 Å². The Morgan fingerprint density at radius 3 is 2.60 bits per heavy atom. The fraction of sp³-hybridized carbons (Fsp3) is 0.235. The molecule has 0 spiro atoms. The van der Waals surface area contributed by atoms with Gasteiger partial charge in [-0.1, -0.05) is 12.1 Å². The summed E-state index contributed by atoms with van der Waals surface area (Å²) in [4.78, 5) is 11.8. The number of hydrogen-bond acceptors (Lipinski definition) is 4. The average Bonchev–Trinajstić information content (AvgIpc) is 2.51. The van der Waals surface area contributed by atoms with Crippen molar-refractivity contribution >= 4 is 15.9 Å². The largest absolute Gasteiger partial charge is 0.491 e. The van der Waals surface area contributed by atoms with Crippen LogP contribution in [0, 0.1) is 5.82 Å². The first kappa shape index (κ1) is 18.9. The maximum atomic E-state index is 13.8. The van der Waals surface area contributed by atoms with Gasteiger partial charge in [0.2, 0.25) is 10.0 Å². The topological polar surface area (TPSA) is 98.5 Å². The zero-order valence-electron chi connectivity index (χ0n) is 13.8. The number of benzene rings is 2. The number of hydrogen-bond donors (Lipinski definition) is 2. The van der Waals surface area contributed by atoms with Gasteiger partial charge in [-0.2, -0.15) is 0 Å². The summed E-state index contributed by atoms with van der Waals surface area (Å²) < 4.78 is 42.1. The second kappa shape index (κ2) is 7.62. The Hall–Kier alpha value is -2.45. The molecule has 0 aliphatic heterocycles. The first-order valence-electron chi connectivity index (χ1n) is 7.53. The van der Waals surface area contributed by atoms with E-state index in [0.717, 1.165) is 23.8 Å². The molecule has 2 rings (SSSR count). The highest BCUT2D eigenvalue weighted by Gasteiger charge is 2.16. The average molecular weight is 366 g/mol. The molecule has 25 heavy (non-hydrogen) atoms. The van der Waals surface area contributed by atoms with Crippen molar-refractivity contribution in [1.82, 2.24) is 5.32 Å². The van der Waals surface area contributed by atoms with Crippen LogP contribution in [0.2, 0.25) is 0 Å². The minimum absolute atomic E-state index is 0.0138. The van der Waals surface area contributed by atoms with Crippen molar-refractivity contribution in [2.75, 3.05) is 0 Å². The zero-order chi connectivity index (χ0) is 18.6. The molecule has 0 bridgehead atoms. The Morgan fingerprint density at radius 2 is 1.96 bits per heavy atom. The van der Waals surface area contributed by atoms with Crippen LogP contribution in [0.1, 0.15) is 29.8 Å². The van der Waals surface area contributed by atoms with Crippen molar-refractivity contribution in [3.63, 3.8) is 0 Å². The van der Waals surface area contributed by atoms with E-state index in [2.05, 4.69) is 5.32 Å². The molecule has 0 heterocycles. The summed E-state index contributed by atoms with van der Waals surface area (Å²) in [5, 5.41) is 7.55. The molecule has 6 nitrogen and oxygen atoms in total. The Bertz CT molecular complexity index is 882. The van der Waals surface area contributed by atoms with Gasteiger partial charge < -0.3 is 10.1 Å². The summed E-state index contributed by atoms with van der Waals surface area (Å²) in [6.45, 7) is 3.93. The highest BCUT2D eigenvalue weighted by Crippen LogP contribution is 2.16. The molecule has 0 aromatic heterocycles. The van der Waals surface area contributed by atoms with Crippen LogP contribution in [0.15, 0.2) is 47.4 Å². The Balaban J connectivity index is 2.13. The highest BCUT2D eigenvalue weighted by molar-refractivity contribution is 7.89. The van der Waals surface area contributed by atoms with Crippen LogP contribution in [0.4, 0.5) is 4.39 Å². The van der Waals surface area contributed by atoms with Gasteiger partial charge in [0.1, 0.15) is 11.6 Å². The normalized spacial score (nSPS) is 11.4. The molecule has 0 unspecified atom stereocenters. The third-order valence-electron chi connectivity index (χ3n) is 3.23. The van der Waals surface area contributed by atoms with Crippen LogP contribution in [-0.2, 0) is 16.6 Å². The standard InChI is InChI=1S/C17H19FN2O4S/c1-11(2)24-13-5-3-4-12(8-13)10-20-17(21)15-9-14(25(19,22)23)6-7-16(15)18/h3-9,11H,10H2,1-2H3,(H,20,21)(H2,19,22,23). The quantitative estimate of drug-likeness (QED) is 0.819. The number of primary sulfonamides is 1. The predicted molar refractivity (Wildman–Crippen MR) is 91.1 cm³/mol. The monoisotopic (exact) mass is 366 g/mol. The van der Waals surface area contributed by atoms with Crippen molar-refractivity contribution in [2.24, 2.45) is 5.14 Å². The number of rotatable bonds is 6. The molecule has 0 saturated carbocycles. The molecule has 2 aromatic rings.